The number of rotatable bonds is 4. The molecule has 1 aliphatic heterocycles. The molecule has 3 aromatic rings. The molecule has 0 atom stereocenters. The van der Waals surface area contributed by atoms with E-state index in [0.717, 1.165) is 61.1 Å². The van der Waals surface area contributed by atoms with Crippen LogP contribution in [0.1, 0.15) is 62.3 Å². The van der Waals surface area contributed by atoms with E-state index in [2.05, 4.69) is 17.1 Å². The Hall–Kier alpha value is -2.96. The summed E-state index contributed by atoms with van der Waals surface area (Å²) in [5.74, 6) is 0.0582. The molecule has 0 spiro atoms. The molecule has 164 valence electrons. The molecule has 31 heavy (non-hydrogen) atoms. The van der Waals surface area contributed by atoms with Crippen LogP contribution in [0.5, 0.6) is 0 Å². The normalized spacial score (nSPS) is 14.9. The molecule has 0 unspecified atom stereocenters. The number of hydrogen-bond acceptors (Lipinski definition) is 4. The van der Waals surface area contributed by atoms with Crippen molar-refractivity contribution in [2.75, 3.05) is 13.1 Å². The summed E-state index contributed by atoms with van der Waals surface area (Å²) >= 11 is 0. The van der Waals surface area contributed by atoms with E-state index in [1.165, 1.54) is 10.2 Å². The van der Waals surface area contributed by atoms with E-state index in [1.54, 1.807) is 10.9 Å². The van der Waals surface area contributed by atoms with Crippen LogP contribution in [0.2, 0.25) is 0 Å². The fourth-order valence-corrected chi connectivity index (χ4v) is 4.23. The van der Waals surface area contributed by atoms with Gasteiger partial charge in [-0.3, -0.25) is 9.59 Å². The van der Waals surface area contributed by atoms with Gasteiger partial charge in [-0.25, -0.2) is 9.36 Å². The van der Waals surface area contributed by atoms with Crippen LogP contribution in [-0.2, 0) is 11.3 Å². The Kier molecular flexibility index (Phi) is 5.94. The van der Waals surface area contributed by atoms with Gasteiger partial charge in [0.2, 0.25) is 5.91 Å². The van der Waals surface area contributed by atoms with Gasteiger partial charge >= 0.3 is 0 Å². The number of nitrogens with zero attached hydrogens (tertiary/aromatic N) is 5. The predicted molar refractivity (Wildman–Crippen MR) is 122 cm³/mol. The van der Waals surface area contributed by atoms with Crippen molar-refractivity contribution in [3.05, 3.63) is 51.6 Å². The monoisotopic (exact) mass is 421 g/mol. The lowest BCUT2D eigenvalue weighted by molar-refractivity contribution is -0.132. The zero-order valence-corrected chi connectivity index (χ0v) is 18.9. The van der Waals surface area contributed by atoms with Crippen molar-refractivity contribution in [1.82, 2.24) is 24.5 Å². The number of amides is 1. The Morgan fingerprint density at radius 3 is 2.42 bits per heavy atom. The highest BCUT2D eigenvalue weighted by atomic mass is 16.2. The summed E-state index contributed by atoms with van der Waals surface area (Å²) in [4.78, 5) is 28.3. The van der Waals surface area contributed by atoms with Crippen molar-refractivity contribution in [3.8, 4) is 5.69 Å². The Morgan fingerprint density at radius 1 is 1.06 bits per heavy atom. The van der Waals surface area contributed by atoms with Crippen LogP contribution in [0.4, 0.5) is 0 Å². The van der Waals surface area contributed by atoms with E-state index >= 15 is 0 Å². The van der Waals surface area contributed by atoms with Crippen molar-refractivity contribution in [2.24, 2.45) is 0 Å². The summed E-state index contributed by atoms with van der Waals surface area (Å²) in [5.41, 5.74) is 4.14. The number of carbonyl (C=O) groups excluding carboxylic acids is 1. The summed E-state index contributed by atoms with van der Waals surface area (Å²) in [6.45, 7) is 9.67. The summed E-state index contributed by atoms with van der Waals surface area (Å²) in [7, 11) is 0. The molecule has 1 fully saturated rings. The topological polar surface area (TPSA) is 73.0 Å². The molecular weight excluding hydrogens is 390 g/mol. The molecular formula is C24H31N5O2. The van der Waals surface area contributed by atoms with Crippen molar-refractivity contribution >= 4 is 16.8 Å². The van der Waals surface area contributed by atoms with Crippen LogP contribution < -0.4 is 5.56 Å². The number of likely N-dealkylation sites (tertiary alicyclic amines) is 1. The Morgan fingerprint density at radius 2 is 1.77 bits per heavy atom. The van der Waals surface area contributed by atoms with E-state index in [1.807, 2.05) is 43.9 Å². The highest BCUT2D eigenvalue weighted by molar-refractivity contribution is 5.82. The Labute approximate surface area is 182 Å². The van der Waals surface area contributed by atoms with Crippen LogP contribution in [0.25, 0.3) is 16.6 Å². The molecule has 0 radical (unpaired) electrons. The van der Waals surface area contributed by atoms with Gasteiger partial charge in [-0.1, -0.05) is 32.8 Å². The van der Waals surface area contributed by atoms with Crippen LogP contribution >= 0.6 is 0 Å². The van der Waals surface area contributed by atoms with Crippen molar-refractivity contribution in [1.29, 1.82) is 0 Å². The molecule has 7 heteroatoms. The fraction of sp³-hybridized carbons (Fsp3) is 0.500. The first kappa shape index (κ1) is 21.3. The third kappa shape index (κ3) is 4.13. The molecule has 1 aliphatic rings. The molecule has 1 aromatic carbocycles. The van der Waals surface area contributed by atoms with Gasteiger partial charge < -0.3 is 4.90 Å². The van der Waals surface area contributed by atoms with Gasteiger partial charge in [0.25, 0.3) is 5.56 Å². The summed E-state index contributed by atoms with van der Waals surface area (Å²) < 4.78 is 3.02. The van der Waals surface area contributed by atoms with E-state index < -0.39 is 0 Å². The quantitative estimate of drug-likeness (QED) is 0.644. The molecule has 0 bridgehead atoms. The van der Waals surface area contributed by atoms with Crippen LogP contribution in [0.3, 0.4) is 0 Å². The lowest BCUT2D eigenvalue weighted by atomic mass is 10.1. The smallest absolute Gasteiger partial charge is 0.293 e. The maximum atomic E-state index is 13.5. The van der Waals surface area contributed by atoms with Crippen LogP contribution in [0, 0.1) is 13.8 Å². The van der Waals surface area contributed by atoms with Crippen LogP contribution in [0.15, 0.2) is 29.2 Å². The summed E-state index contributed by atoms with van der Waals surface area (Å²) in [5, 5.41) is 9.88. The van der Waals surface area contributed by atoms with Crippen molar-refractivity contribution in [3.63, 3.8) is 0 Å². The lowest BCUT2D eigenvalue weighted by Gasteiger charge is -2.21. The van der Waals surface area contributed by atoms with Gasteiger partial charge in [0.05, 0.1) is 17.6 Å². The molecule has 0 aliphatic carbocycles. The van der Waals surface area contributed by atoms with Gasteiger partial charge in [-0.15, -0.1) is 0 Å². The predicted octanol–water partition coefficient (Wildman–Crippen LogP) is 3.73. The lowest BCUT2D eigenvalue weighted by Crippen LogP contribution is -2.38. The Balaban J connectivity index is 1.81. The first-order valence-corrected chi connectivity index (χ1v) is 11.2. The molecule has 3 heterocycles. The molecule has 0 saturated carbocycles. The van der Waals surface area contributed by atoms with Crippen LogP contribution in [-0.4, -0.2) is 43.5 Å². The third-order valence-corrected chi connectivity index (χ3v) is 6.24. The molecule has 7 nitrogen and oxygen atoms in total. The van der Waals surface area contributed by atoms with Gasteiger partial charge in [0, 0.05) is 18.5 Å². The first-order valence-electron chi connectivity index (χ1n) is 11.2. The maximum absolute atomic E-state index is 13.5. The fourth-order valence-electron chi connectivity index (χ4n) is 4.23. The largest absolute Gasteiger partial charge is 0.341 e. The van der Waals surface area contributed by atoms with Gasteiger partial charge in [-0.2, -0.15) is 10.2 Å². The van der Waals surface area contributed by atoms with Crippen molar-refractivity contribution in [2.45, 2.75) is 65.8 Å². The van der Waals surface area contributed by atoms with Gasteiger partial charge in [0.1, 0.15) is 12.1 Å². The number of carbonyl (C=O) groups is 1. The molecule has 1 amide bonds. The molecule has 2 aromatic heterocycles. The average molecular weight is 422 g/mol. The highest BCUT2D eigenvalue weighted by Gasteiger charge is 2.22. The molecule has 0 N–H and O–H groups in total. The minimum atomic E-state index is -0.279. The standard InChI is InChI=1S/C24H31N5O2/c1-16(2)22-20-14-25-29(19-10-9-17(3)18(4)13-19)23(20)24(31)28(26-22)15-21(30)27-11-7-5-6-8-12-27/h9-10,13-14,16H,5-8,11-12,15H2,1-4H3. The van der Waals surface area contributed by atoms with E-state index in [0.29, 0.717) is 5.52 Å². The first-order chi connectivity index (χ1) is 14.9. The van der Waals surface area contributed by atoms with Gasteiger partial charge in [0.15, 0.2) is 0 Å². The Bertz CT molecular complexity index is 1170. The van der Waals surface area contributed by atoms with E-state index in [9.17, 15) is 9.59 Å². The van der Waals surface area contributed by atoms with Crippen molar-refractivity contribution < 1.29 is 4.79 Å². The van der Waals surface area contributed by atoms with E-state index in [-0.39, 0.29) is 23.9 Å². The third-order valence-electron chi connectivity index (χ3n) is 6.24. The molecule has 4 rings (SSSR count). The maximum Gasteiger partial charge on any atom is 0.293 e. The highest BCUT2D eigenvalue weighted by Crippen LogP contribution is 2.24. The number of benzene rings is 1. The summed E-state index contributed by atoms with van der Waals surface area (Å²) in [6.07, 6.45) is 6.06. The molecule has 1 saturated heterocycles. The zero-order valence-electron chi connectivity index (χ0n) is 18.9. The number of aryl methyl sites for hydroxylation is 2. The second kappa shape index (κ2) is 8.65. The number of aromatic nitrogens is 4. The minimum absolute atomic E-state index is 0.0351. The zero-order chi connectivity index (χ0) is 22.1. The second-order valence-electron chi connectivity index (χ2n) is 8.88. The summed E-state index contributed by atoms with van der Waals surface area (Å²) in [6, 6.07) is 6.03. The average Bonchev–Trinajstić information content (AvgIpc) is 2.99. The van der Waals surface area contributed by atoms with Gasteiger partial charge in [-0.05, 0) is 55.9 Å². The number of hydrogen-bond donors (Lipinski definition) is 0. The minimum Gasteiger partial charge on any atom is -0.341 e. The number of fused-ring (bicyclic) bond motifs is 1. The SMILES string of the molecule is Cc1ccc(-n2ncc3c(C(C)C)nn(CC(=O)N4CCCCCC4)c(=O)c32)cc1C. The van der Waals surface area contributed by atoms with E-state index in [4.69, 9.17) is 0 Å². The second-order valence-corrected chi connectivity index (χ2v) is 8.88.